The molecule has 4 rings (SSSR count). The number of aromatic nitrogens is 4. The van der Waals surface area contributed by atoms with E-state index in [2.05, 4.69) is 15.3 Å². The molecule has 0 saturated carbocycles. The fraction of sp³-hybridized carbons (Fsp3) is 0.227. The van der Waals surface area contributed by atoms with E-state index in [0.29, 0.717) is 33.4 Å². The van der Waals surface area contributed by atoms with Gasteiger partial charge in [0.2, 0.25) is 5.95 Å². The van der Waals surface area contributed by atoms with Crippen LogP contribution >= 0.6 is 11.6 Å². The van der Waals surface area contributed by atoms with Crippen LogP contribution in [0.25, 0.3) is 28.0 Å². The van der Waals surface area contributed by atoms with Crippen molar-refractivity contribution in [2.24, 2.45) is 0 Å². The zero-order valence-electron chi connectivity index (χ0n) is 16.8. The highest BCUT2D eigenvalue weighted by Gasteiger charge is 2.24. The van der Waals surface area contributed by atoms with E-state index < -0.39 is 5.60 Å². The van der Waals surface area contributed by atoms with Crippen molar-refractivity contribution in [2.45, 2.75) is 32.4 Å². The Kier molecular flexibility index (Phi) is 5.17. The molecule has 0 unspecified atom stereocenters. The van der Waals surface area contributed by atoms with Crippen molar-refractivity contribution in [3.8, 4) is 16.9 Å². The van der Waals surface area contributed by atoms with Crippen LogP contribution in [0.4, 0.5) is 10.3 Å². The van der Waals surface area contributed by atoms with Gasteiger partial charge in [0.15, 0.2) is 5.65 Å². The van der Waals surface area contributed by atoms with Gasteiger partial charge in [0, 0.05) is 11.8 Å². The molecule has 2 N–H and O–H groups in total. The second-order valence-electron chi connectivity index (χ2n) is 7.67. The highest BCUT2D eigenvalue weighted by atomic mass is 35.5. The minimum atomic E-state index is -0.960. The number of nitrogens with one attached hydrogen (secondary N) is 1. The van der Waals surface area contributed by atoms with E-state index in [9.17, 15) is 9.50 Å². The molecule has 0 aliphatic heterocycles. The molecule has 0 bridgehead atoms. The molecule has 2 aromatic carbocycles. The summed E-state index contributed by atoms with van der Waals surface area (Å²) in [5.74, 6) is 0.0172. The second-order valence-corrected chi connectivity index (χ2v) is 8.07. The van der Waals surface area contributed by atoms with Crippen molar-refractivity contribution in [2.75, 3.05) is 5.32 Å². The Balaban J connectivity index is 1.90. The number of fused-ring (bicyclic) bond motifs is 1. The van der Waals surface area contributed by atoms with Crippen LogP contribution in [0.3, 0.4) is 0 Å². The summed E-state index contributed by atoms with van der Waals surface area (Å²) in [5.41, 5.74) is 1.61. The van der Waals surface area contributed by atoms with Crippen molar-refractivity contribution < 1.29 is 9.50 Å². The van der Waals surface area contributed by atoms with Crippen LogP contribution in [0.15, 0.2) is 54.7 Å². The predicted molar refractivity (Wildman–Crippen MR) is 116 cm³/mol. The van der Waals surface area contributed by atoms with Gasteiger partial charge in [-0.1, -0.05) is 29.8 Å². The van der Waals surface area contributed by atoms with Crippen LogP contribution in [0.2, 0.25) is 5.02 Å². The van der Waals surface area contributed by atoms with Gasteiger partial charge in [0.1, 0.15) is 11.5 Å². The first-order valence-electron chi connectivity index (χ1n) is 9.49. The molecule has 0 amide bonds. The summed E-state index contributed by atoms with van der Waals surface area (Å²) in [6.45, 7) is 5.27. The van der Waals surface area contributed by atoms with Crippen molar-refractivity contribution in [1.29, 1.82) is 0 Å². The molecule has 6 nitrogen and oxygen atoms in total. The second kappa shape index (κ2) is 7.66. The van der Waals surface area contributed by atoms with Gasteiger partial charge in [0.05, 0.1) is 27.7 Å². The number of rotatable bonds is 5. The SMILES string of the molecule is C[C@H](Nc1ncc2c(-c3ccccc3Cl)nn(-c3ccc(F)cc3)c2n1)C(C)(C)O. The molecule has 0 aliphatic carbocycles. The van der Waals surface area contributed by atoms with Crippen molar-refractivity contribution in [1.82, 2.24) is 19.7 Å². The molecular weight excluding hydrogens is 405 g/mol. The van der Waals surface area contributed by atoms with Gasteiger partial charge in [-0.3, -0.25) is 0 Å². The summed E-state index contributed by atoms with van der Waals surface area (Å²) in [6, 6.07) is 13.1. The van der Waals surface area contributed by atoms with E-state index in [1.54, 1.807) is 42.9 Å². The van der Waals surface area contributed by atoms with E-state index >= 15 is 0 Å². The standard InChI is InChI=1S/C22H21ClFN5O/c1-13(22(2,3)30)26-21-25-12-17-19(16-6-4-5-7-18(16)23)28-29(20(17)27-21)15-10-8-14(24)9-11-15/h4-13,30H,1-3H3,(H,25,26,27)/t13-/m0/s1. The lowest BCUT2D eigenvalue weighted by atomic mass is 10.0. The van der Waals surface area contributed by atoms with Gasteiger partial charge in [0.25, 0.3) is 0 Å². The number of nitrogens with zero attached hydrogens (tertiary/aromatic N) is 4. The minimum absolute atomic E-state index is 0.291. The lowest BCUT2D eigenvalue weighted by molar-refractivity contribution is 0.0646. The van der Waals surface area contributed by atoms with Gasteiger partial charge in [-0.15, -0.1) is 0 Å². The van der Waals surface area contributed by atoms with Crippen molar-refractivity contribution in [3.63, 3.8) is 0 Å². The van der Waals surface area contributed by atoms with Gasteiger partial charge in [-0.25, -0.2) is 14.1 Å². The molecule has 0 fully saturated rings. The normalized spacial score (nSPS) is 12.9. The Hall–Kier alpha value is -3.03. The maximum Gasteiger partial charge on any atom is 0.225 e. The molecule has 4 aromatic rings. The van der Waals surface area contributed by atoms with E-state index in [-0.39, 0.29) is 11.9 Å². The molecule has 2 heterocycles. The number of aliphatic hydroxyl groups is 1. The number of hydrogen-bond donors (Lipinski definition) is 2. The summed E-state index contributed by atoms with van der Waals surface area (Å²) in [6.07, 6.45) is 1.67. The minimum Gasteiger partial charge on any atom is -0.388 e. The zero-order chi connectivity index (χ0) is 21.5. The molecule has 30 heavy (non-hydrogen) atoms. The van der Waals surface area contributed by atoms with Crippen LogP contribution in [-0.4, -0.2) is 36.5 Å². The zero-order valence-corrected chi connectivity index (χ0v) is 17.5. The maximum absolute atomic E-state index is 13.5. The molecule has 0 radical (unpaired) electrons. The third-order valence-electron chi connectivity index (χ3n) is 5.03. The topological polar surface area (TPSA) is 75.9 Å². The van der Waals surface area contributed by atoms with Gasteiger partial charge < -0.3 is 10.4 Å². The molecule has 0 aliphatic rings. The summed E-state index contributed by atoms with van der Waals surface area (Å²) in [4.78, 5) is 9.04. The molecule has 8 heteroatoms. The molecule has 0 saturated heterocycles. The molecular formula is C22H21ClFN5O. The van der Waals surface area contributed by atoms with E-state index in [4.69, 9.17) is 16.7 Å². The van der Waals surface area contributed by atoms with Crippen LogP contribution in [0.1, 0.15) is 20.8 Å². The van der Waals surface area contributed by atoms with Gasteiger partial charge in [-0.05, 0) is 51.1 Å². The summed E-state index contributed by atoms with van der Waals surface area (Å²) in [7, 11) is 0. The Bertz CT molecular complexity index is 1200. The van der Waals surface area contributed by atoms with Crippen LogP contribution in [0, 0.1) is 5.82 Å². The lowest BCUT2D eigenvalue weighted by Gasteiger charge is -2.26. The Morgan fingerprint density at radius 2 is 1.83 bits per heavy atom. The number of anilines is 1. The average molecular weight is 426 g/mol. The largest absolute Gasteiger partial charge is 0.388 e. The first kappa shape index (κ1) is 20.3. The Labute approximate surface area is 178 Å². The van der Waals surface area contributed by atoms with Crippen LogP contribution < -0.4 is 5.32 Å². The highest BCUT2D eigenvalue weighted by Crippen LogP contribution is 2.33. The molecule has 0 spiro atoms. The molecule has 2 aromatic heterocycles. The van der Waals surface area contributed by atoms with Crippen molar-refractivity contribution >= 4 is 28.6 Å². The van der Waals surface area contributed by atoms with Crippen molar-refractivity contribution in [3.05, 3.63) is 65.6 Å². The lowest BCUT2D eigenvalue weighted by Crippen LogP contribution is -2.39. The summed E-state index contributed by atoms with van der Waals surface area (Å²) in [5, 5.41) is 19.3. The Morgan fingerprint density at radius 1 is 1.13 bits per heavy atom. The summed E-state index contributed by atoms with van der Waals surface area (Å²) >= 11 is 6.41. The molecule has 1 atom stereocenters. The number of halogens is 2. The first-order chi connectivity index (χ1) is 14.2. The van der Waals surface area contributed by atoms with Crippen LogP contribution in [0.5, 0.6) is 0 Å². The smallest absolute Gasteiger partial charge is 0.225 e. The number of hydrogen-bond acceptors (Lipinski definition) is 5. The fourth-order valence-electron chi connectivity index (χ4n) is 2.96. The quantitative estimate of drug-likeness (QED) is 0.478. The van der Waals surface area contributed by atoms with E-state index in [0.717, 1.165) is 5.56 Å². The highest BCUT2D eigenvalue weighted by molar-refractivity contribution is 6.33. The van der Waals surface area contributed by atoms with Gasteiger partial charge >= 0.3 is 0 Å². The average Bonchev–Trinajstić information content (AvgIpc) is 3.07. The van der Waals surface area contributed by atoms with Gasteiger partial charge in [-0.2, -0.15) is 10.1 Å². The van der Waals surface area contributed by atoms with E-state index in [1.165, 1.54) is 12.1 Å². The van der Waals surface area contributed by atoms with Crippen LogP contribution in [-0.2, 0) is 0 Å². The third-order valence-corrected chi connectivity index (χ3v) is 5.36. The first-order valence-corrected chi connectivity index (χ1v) is 9.87. The number of benzene rings is 2. The van der Waals surface area contributed by atoms with E-state index in [1.807, 2.05) is 25.1 Å². The predicted octanol–water partition coefficient (Wildman–Crippen LogP) is 4.85. The monoisotopic (exact) mass is 425 g/mol. The Morgan fingerprint density at radius 3 is 2.50 bits per heavy atom. The molecule has 154 valence electrons. The fourth-order valence-corrected chi connectivity index (χ4v) is 3.18. The summed E-state index contributed by atoms with van der Waals surface area (Å²) < 4.78 is 15.1. The third kappa shape index (κ3) is 3.86. The maximum atomic E-state index is 13.5.